The van der Waals surface area contributed by atoms with Crippen LogP contribution in [0.5, 0.6) is 0 Å². The summed E-state index contributed by atoms with van der Waals surface area (Å²) in [4.78, 5) is 4.48. The molecule has 0 aliphatic carbocycles. The number of halogens is 3. The molecule has 0 atom stereocenters. The summed E-state index contributed by atoms with van der Waals surface area (Å²) in [5.74, 6) is -0.612. The average molecular weight is 327 g/mol. The van der Waals surface area contributed by atoms with Crippen molar-refractivity contribution in [2.24, 2.45) is 0 Å². The van der Waals surface area contributed by atoms with Crippen LogP contribution < -0.4 is 5.32 Å². The molecular weight excluding hydrogens is 318 g/mol. The number of rotatable bonds is 2. The molecule has 0 aliphatic rings. The van der Waals surface area contributed by atoms with Crippen molar-refractivity contribution >= 4 is 55.6 Å². The van der Waals surface area contributed by atoms with Gasteiger partial charge in [-0.2, -0.15) is 0 Å². The minimum Gasteiger partial charge on any atom is -0.331 e. The Morgan fingerprint density at radius 3 is 2.55 bits per heavy atom. The van der Waals surface area contributed by atoms with E-state index in [4.69, 9.17) is 23.2 Å². The number of nitrogens with zero attached hydrogens (tertiary/aromatic N) is 1. The number of fused-ring (bicyclic) bond motifs is 1. The molecule has 0 aliphatic heterocycles. The molecule has 1 heterocycles. The molecular formula is C14H9Cl2FN2S. The van der Waals surface area contributed by atoms with E-state index in [9.17, 15) is 4.39 Å². The van der Waals surface area contributed by atoms with Crippen LogP contribution >= 0.6 is 34.5 Å². The van der Waals surface area contributed by atoms with Gasteiger partial charge in [-0.05, 0) is 36.8 Å². The third kappa shape index (κ3) is 2.59. The second-order valence-corrected chi connectivity index (χ2v) is 6.21. The fraction of sp³-hybridized carbons (Fsp3) is 0.0714. The molecule has 6 heteroatoms. The molecule has 0 spiro atoms. The predicted molar refractivity (Wildman–Crippen MR) is 84.1 cm³/mol. The summed E-state index contributed by atoms with van der Waals surface area (Å²) < 4.78 is 14.4. The van der Waals surface area contributed by atoms with E-state index in [-0.39, 0.29) is 10.0 Å². The Kier molecular flexibility index (Phi) is 3.54. The van der Waals surface area contributed by atoms with Gasteiger partial charge in [-0.3, -0.25) is 0 Å². The van der Waals surface area contributed by atoms with Gasteiger partial charge in [0.05, 0.1) is 20.3 Å². The van der Waals surface area contributed by atoms with E-state index in [0.717, 1.165) is 15.8 Å². The van der Waals surface area contributed by atoms with Crippen molar-refractivity contribution in [3.8, 4) is 0 Å². The summed E-state index contributed by atoms with van der Waals surface area (Å²) in [5.41, 5.74) is 2.69. The second-order valence-electron chi connectivity index (χ2n) is 4.37. The zero-order valence-electron chi connectivity index (χ0n) is 10.4. The highest BCUT2D eigenvalue weighted by Crippen LogP contribution is 2.32. The first-order chi connectivity index (χ1) is 9.52. The molecule has 0 bridgehead atoms. The van der Waals surface area contributed by atoms with E-state index in [0.29, 0.717) is 10.8 Å². The first-order valence-corrected chi connectivity index (χ1v) is 7.39. The van der Waals surface area contributed by atoms with E-state index in [1.54, 1.807) is 0 Å². The Morgan fingerprint density at radius 2 is 1.85 bits per heavy atom. The highest BCUT2D eigenvalue weighted by atomic mass is 35.5. The fourth-order valence-corrected chi connectivity index (χ4v) is 3.20. The van der Waals surface area contributed by atoms with Crippen LogP contribution in [0.2, 0.25) is 10.0 Å². The Balaban J connectivity index is 1.96. The van der Waals surface area contributed by atoms with Crippen molar-refractivity contribution in [2.75, 3.05) is 5.32 Å². The van der Waals surface area contributed by atoms with Crippen LogP contribution in [-0.2, 0) is 0 Å². The van der Waals surface area contributed by atoms with Crippen molar-refractivity contribution in [1.82, 2.24) is 4.98 Å². The van der Waals surface area contributed by atoms with Crippen molar-refractivity contribution in [1.29, 1.82) is 0 Å². The molecule has 2 aromatic carbocycles. The van der Waals surface area contributed by atoms with Crippen LogP contribution in [0.25, 0.3) is 10.2 Å². The van der Waals surface area contributed by atoms with Gasteiger partial charge >= 0.3 is 0 Å². The van der Waals surface area contributed by atoms with Gasteiger partial charge in [-0.1, -0.05) is 40.6 Å². The topological polar surface area (TPSA) is 24.9 Å². The first-order valence-electron chi connectivity index (χ1n) is 5.82. The van der Waals surface area contributed by atoms with Crippen molar-refractivity contribution < 1.29 is 4.39 Å². The maximum Gasteiger partial charge on any atom is 0.188 e. The number of benzene rings is 2. The van der Waals surface area contributed by atoms with Crippen LogP contribution in [0.3, 0.4) is 0 Å². The Bertz CT molecular complexity index is 778. The maximum absolute atomic E-state index is 13.4. The van der Waals surface area contributed by atoms with Crippen LogP contribution in [0.1, 0.15) is 5.56 Å². The number of nitrogens with one attached hydrogen (secondary N) is 1. The SMILES string of the molecule is Cc1ccc2sc(Nc3cc(Cl)c(F)c(Cl)c3)nc2c1. The van der Waals surface area contributed by atoms with Gasteiger partial charge in [0.2, 0.25) is 0 Å². The lowest BCUT2D eigenvalue weighted by Crippen LogP contribution is -1.91. The Morgan fingerprint density at radius 1 is 1.15 bits per heavy atom. The summed E-state index contributed by atoms with van der Waals surface area (Å²) >= 11 is 13.1. The average Bonchev–Trinajstić information content (AvgIpc) is 2.77. The minimum absolute atomic E-state index is 0.0167. The van der Waals surface area contributed by atoms with Gasteiger partial charge in [-0.25, -0.2) is 9.37 Å². The van der Waals surface area contributed by atoms with Gasteiger partial charge in [0.1, 0.15) is 0 Å². The summed E-state index contributed by atoms with van der Waals surface area (Å²) in [6, 6.07) is 9.05. The van der Waals surface area contributed by atoms with E-state index in [1.807, 2.05) is 25.1 Å². The molecule has 0 saturated carbocycles. The number of hydrogen-bond donors (Lipinski definition) is 1. The molecule has 0 fully saturated rings. The number of aromatic nitrogens is 1. The molecule has 0 amide bonds. The molecule has 1 aromatic heterocycles. The van der Waals surface area contributed by atoms with Crippen LogP contribution in [0.15, 0.2) is 30.3 Å². The monoisotopic (exact) mass is 326 g/mol. The Hall–Kier alpha value is -1.36. The van der Waals surface area contributed by atoms with Crippen LogP contribution in [0, 0.1) is 12.7 Å². The van der Waals surface area contributed by atoms with Crippen LogP contribution in [-0.4, -0.2) is 4.98 Å². The van der Waals surface area contributed by atoms with Crippen LogP contribution in [0.4, 0.5) is 15.2 Å². The standard InChI is InChI=1S/C14H9Cl2FN2S/c1-7-2-3-12-11(4-7)19-14(20-12)18-8-5-9(15)13(17)10(16)6-8/h2-6H,1H3,(H,18,19). The van der Waals surface area contributed by atoms with Crippen molar-refractivity contribution in [2.45, 2.75) is 6.92 Å². The summed E-state index contributed by atoms with van der Waals surface area (Å²) in [6.45, 7) is 2.02. The molecule has 3 aromatic rings. The lowest BCUT2D eigenvalue weighted by Gasteiger charge is -2.05. The van der Waals surface area contributed by atoms with Gasteiger partial charge in [-0.15, -0.1) is 0 Å². The molecule has 3 rings (SSSR count). The van der Waals surface area contributed by atoms with Gasteiger partial charge in [0.25, 0.3) is 0 Å². The van der Waals surface area contributed by atoms with E-state index in [2.05, 4.69) is 10.3 Å². The molecule has 1 N–H and O–H groups in total. The smallest absolute Gasteiger partial charge is 0.188 e. The van der Waals surface area contributed by atoms with E-state index >= 15 is 0 Å². The lowest BCUT2D eigenvalue weighted by molar-refractivity contribution is 0.629. The number of anilines is 2. The summed E-state index contributed by atoms with van der Waals surface area (Å²) in [5, 5.41) is 3.77. The minimum atomic E-state index is -0.612. The largest absolute Gasteiger partial charge is 0.331 e. The van der Waals surface area contributed by atoms with Gasteiger partial charge in [0.15, 0.2) is 10.9 Å². The highest BCUT2D eigenvalue weighted by molar-refractivity contribution is 7.22. The zero-order chi connectivity index (χ0) is 14.3. The quantitative estimate of drug-likeness (QED) is 0.602. The molecule has 0 unspecified atom stereocenters. The molecule has 20 heavy (non-hydrogen) atoms. The van der Waals surface area contributed by atoms with Crippen molar-refractivity contribution in [3.63, 3.8) is 0 Å². The van der Waals surface area contributed by atoms with Crippen molar-refractivity contribution in [3.05, 3.63) is 51.8 Å². The predicted octanol–water partition coefficient (Wildman–Crippen LogP) is 5.79. The molecule has 102 valence electrons. The van der Waals surface area contributed by atoms with Gasteiger partial charge in [0, 0.05) is 5.69 Å². The summed E-state index contributed by atoms with van der Waals surface area (Å²) in [6.07, 6.45) is 0. The number of hydrogen-bond acceptors (Lipinski definition) is 3. The zero-order valence-corrected chi connectivity index (χ0v) is 12.7. The summed E-state index contributed by atoms with van der Waals surface area (Å²) in [7, 11) is 0. The third-order valence-electron chi connectivity index (χ3n) is 2.78. The Labute approximate surface area is 129 Å². The maximum atomic E-state index is 13.4. The second kappa shape index (κ2) is 5.20. The first kappa shape index (κ1) is 13.6. The molecule has 2 nitrogen and oxygen atoms in total. The van der Waals surface area contributed by atoms with E-state index in [1.165, 1.54) is 23.5 Å². The normalized spacial score (nSPS) is 11.0. The highest BCUT2D eigenvalue weighted by Gasteiger charge is 2.09. The number of aryl methyl sites for hydroxylation is 1. The van der Waals surface area contributed by atoms with E-state index < -0.39 is 5.82 Å². The third-order valence-corrected chi connectivity index (χ3v) is 4.28. The lowest BCUT2D eigenvalue weighted by atomic mass is 10.2. The fourth-order valence-electron chi connectivity index (χ4n) is 1.84. The number of thiazole rings is 1. The molecule has 0 radical (unpaired) electrons. The van der Waals surface area contributed by atoms with Gasteiger partial charge < -0.3 is 5.32 Å². The molecule has 0 saturated heterocycles.